The fourth-order valence-electron chi connectivity index (χ4n) is 2.21. The largest absolute Gasteiger partial charge is 0.480 e. The van der Waals surface area contributed by atoms with Crippen molar-refractivity contribution in [3.63, 3.8) is 0 Å². The summed E-state index contributed by atoms with van der Waals surface area (Å²) in [7, 11) is 1.62. The molecule has 4 heteroatoms. The lowest BCUT2D eigenvalue weighted by atomic mass is 10.0. The van der Waals surface area contributed by atoms with Crippen LogP contribution in [0.2, 0.25) is 0 Å². The maximum Gasteiger partial charge on any atom is 0.237 e. The Kier molecular flexibility index (Phi) is 5.07. The van der Waals surface area contributed by atoms with Crippen LogP contribution in [0, 0.1) is 0 Å². The van der Waals surface area contributed by atoms with Gasteiger partial charge in [0.2, 0.25) is 5.88 Å². The normalized spacial score (nSPS) is 12.2. The van der Waals surface area contributed by atoms with Gasteiger partial charge in [0, 0.05) is 12.4 Å². The number of hydrogen-bond donors (Lipinski definition) is 1. The summed E-state index contributed by atoms with van der Waals surface area (Å²) in [6, 6.07) is 8.58. The van der Waals surface area contributed by atoms with Crippen LogP contribution in [-0.2, 0) is 6.42 Å². The molecule has 0 fully saturated rings. The van der Waals surface area contributed by atoms with Gasteiger partial charge in [0.1, 0.15) is 5.69 Å². The number of ether oxygens (including phenoxy) is 1. The zero-order valence-corrected chi connectivity index (χ0v) is 12.3. The molecule has 1 aromatic carbocycles. The van der Waals surface area contributed by atoms with Crippen molar-refractivity contribution in [2.45, 2.75) is 26.3 Å². The molecular formula is C16H21N3O. The zero-order valence-electron chi connectivity index (χ0n) is 12.3. The lowest BCUT2D eigenvalue weighted by Crippen LogP contribution is -2.23. The van der Waals surface area contributed by atoms with Crippen molar-refractivity contribution in [1.29, 1.82) is 0 Å². The van der Waals surface area contributed by atoms with Crippen LogP contribution in [0.4, 0.5) is 0 Å². The van der Waals surface area contributed by atoms with E-state index in [1.807, 2.05) is 0 Å². The lowest BCUT2D eigenvalue weighted by molar-refractivity contribution is 0.383. The highest BCUT2D eigenvalue weighted by Gasteiger charge is 2.19. The molecule has 0 amide bonds. The van der Waals surface area contributed by atoms with Crippen molar-refractivity contribution < 1.29 is 4.74 Å². The van der Waals surface area contributed by atoms with Gasteiger partial charge < -0.3 is 10.1 Å². The van der Waals surface area contributed by atoms with Gasteiger partial charge >= 0.3 is 0 Å². The average Bonchev–Trinajstić information content (AvgIpc) is 2.53. The van der Waals surface area contributed by atoms with Gasteiger partial charge in [-0.15, -0.1) is 0 Å². The first kappa shape index (κ1) is 14.5. The van der Waals surface area contributed by atoms with Crippen LogP contribution in [0.15, 0.2) is 36.7 Å². The second-order valence-corrected chi connectivity index (χ2v) is 4.54. The van der Waals surface area contributed by atoms with E-state index in [4.69, 9.17) is 4.74 Å². The lowest BCUT2D eigenvalue weighted by Gasteiger charge is -2.19. The number of benzene rings is 1. The number of nitrogens with one attached hydrogen (secondary N) is 1. The number of hydrogen-bond acceptors (Lipinski definition) is 4. The van der Waals surface area contributed by atoms with E-state index in [9.17, 15) is 0 Å². The van der Waals surface area contributed by atoms with Crippen LogP contribution in [0.1, 0.15) is 36.7 Å². The molecule has 2 aromatic rings. The predicted molar refractivity (Wildman–Crippen MR) is 79.9 cm³/mol. The number of aryl methyl sites for hydroxylation is 1. The van der Waals surface area contributed by atoms with E-state index in [1.54, 1.807) is 19.5 Å². The number of methoxy groups -OCH3 is 1. The fraction of sp³-hybridized carbons (Fsp3) is 0.375. The van der Waals surface area contributed by atoms with E-state index >= 15 is 0 Å². The Balaban J connectivity index is 2.39. The second-order valence-electron chi connectivity index (χ2n) is 4.54. The van der Waals surface area contributed by atoms with Crippen molar-refractivity contribution in [3.8, 4) is 5.88 Å². The highest BCUT2D eigenvalue weighted by Crippen LogP contribution is 2.26. The first-order chi connectivity index (χ1) is 9.80. The predicted octanol–water partition coefficient (Wildman–Crippen LogP) is 2.75. The Morgan fingerprint density at radius 2 is 1.80 bits per heavy atom. The van der Waals surface area contributed by atoms with Gasteiger partial charge in [-0.25, -0.2) is 4.98 Å². The molecule has 20 heavy (non-hydrogen) atoms. The van der Waals surface area contributed by atoms with Crippen LogP contribution >= 0.6 is 0 Å². The Morgan fingerprint density at radius 3 is 2.40 bits per heavy atom. The third-order valence-electron chi connectivity index (χ3n) is 3.29. The Morgan fingerprint density at radius 1 is 1.10 bits per heavy atom. The third kappa shape index (κ3) is 3.14. The maximum absolute atomic E-state index is 5.33. The summed E-state index contributed by atoms with van der Waals surface area (Å²) in [5.74, 6) is 0.568. The van der Waals surface area contributed by atoms with Gasteiger partial charge in [-0.1, -0.05) is 38.1 Å². The standard InChI is InChI=1S/C16H21N3O/c1-4-12-6-8-13(9-7-12)14(17-5-2)15-16(20-3)19-11-10-18-15/h6-11,14,17H,4-5H2,1-3H3. The van der Waals surface area contributed by atoms with Crippen LogP contribution in [0.3, 0.4) is 0 Å². The molecule has 106 valence electrons. The number of aromatic nitrogens is 2. The highest BCUT2D eigenvalue weighted by molar-refractivity contribution is 5.34. The molecule has 0 aliphatic carbocycles. The SMILES string of the molecule is CCNC(c1ccc(CC)cc1)c1nccnc1OC. The average molecular weight is 271 g/mol. The minimum atomic E-state index is -0.00504. The van der Waals surface area contributed by atoms with Crippen molar-refractivity contribution in [2.75, 3.05) is 13.7 Å². The van der Waals surface area contributed by atoms with Crippen molar-refractivity contribution in [1.82, 2.24) is 15.3 Å². The van der Waals surface area contributed by atoms with Gasteiger partial charge in [0.15, 0.2) is 0 Å². The van der Waals surface area contributed by atoms with Crippen LogP contribution < -0.4 is 10.1 Å². The molecule has 1 aromatic heterocycles. The van der Waals surface area contributed by atoms with Gasteiger partial charge in [0.05, 0.1) is 13.2 Å². The van der Waals surface area contributed by atoms with Crippen LogP contribution in [-0.4, -0.2) is 23.6 Å². The minimum absolute atomic E-state index is 0.00504. The molecule has 4 nitrogen and oxygen atoms in total. The van der Waals surface area contributed by atoms with E-state index in [0.29, 0.717) is 5.88 Å². The first-order valence-electron chi connectivity index (χ1n) is 6.97. The quantitative estimate of drug-likeness (QED) is 0.877. The molecule has 0 aliphatic heterocycles. The monoisotopic (exact) mass is 271 g/mol. The summed E-state index contributed by atoms with van der Waals surface area (Å²) >= 11 is 0. The summed E-state index contributed by atoms with van der Waals surface area (Å²) in [4.78, 5) is 8.67. The molecule has 0 spiro atoms. The Hall–Kier alpha value is -1.94. The van der Waals surface area contributed by atoms with E-state index in [1.165, 1.54) is 11.1 Å². The fourth-order valence-corrected chi connectivity index (χ4v) is 2.21. The van der Waals surface area contributed by atoms with E-state index in [-0.39, 0.29) is 6.04 Å². The van der Waals surface area contributed by atoms with Gasteiger partial charge in [-0.2, -0.15) is 0 Å². The molecule has 0 radical (unpaired) electrons. The second kappa shape index (κ2) is 7.01. The number of rotatable bonds is 6. The van der Waals surface area contributed by atoms with E-state index in [2.05, 4.69) is 53.4 Å². The summed E-state index contributed by atoms with van der Waals surface area (Å²) in [6.45, 7) is 5.08. The minimum Gasteiger partial charge on any atom is -0.480 e. The first-order valence-corrected chi connectivity index (χ1v) is 6.97. The highest BCUT2D eigenvalue weighted by atomic mass is 16.5. The number of nitrogens with zero attached hydrogens (tertiary/aromatic N) is 2. The summed E-state index contributed by atoms with van der Waals surface area (Å²) in [5, 5.41) is 3.44. The maximum atomic E-state index is 5.33. The van der Waals surface area contributed by atoms with E-state index in [0.717, 1.165) is 18.7 Å². The van der Waals surface area contributed by atoms with Gasteiger partial charge in [-0.05, 0) is 24.1 Å². The molecule has 0 saturated heterocycles. The molecular weight excluding hydrogens is 250 g/mol. The molecule has 0 bridgehead atoms. The molecule has 2 rings (SSSR count). The molecule has 0 aliphatic rings. The van der Waals surface area contributed by atoms with Crippen LogP contribution in [0.5, 0.6) is 5.88 Å². The van der Waals surface area contributed by atoms with Crippen molar-refractivity contribution >= 4 is 0 Å². The Bertz CT molecular complexity index is 540. The Labute approximate surface area is 120 Å². The van der Waals surface area contributed by atoms with Crippen molar-refractivity contribution in [2.24, 2.45) is 0 Å². The molecule has 1 unspecified atom stereocenters. The van der Waals surface area contributed by atoms with E-state index < -0.39 is 0 Å². The summed E-state index contributed by atoms with van der Waals surface area (Å²) < 4.78 is 5.33. The zero-order chi connectivity index (χ0) is 14.4. The summed E-state index contributed by atoms with van der Waals surface area (Å²) in [6.07, 6.45) is 4.38. The van der Waals surface area contributed by atoms with Crippen molar-refractivity contribution in [3.05, 3.63) is 53.5 Å². The molecule has 1 heterocycles. The molecule has 1 N–H and O–H groups in total. The van der Waals surface area contributed by atoms with Gasteiger partial charge in [-0.3, -0.25) is 4.98 Å². The third-order valence-corrected chi connectivity index (χ3v) is 3.29. The molecule has 0 saturated carbocycles. The van der Waals surface area contributed by atoms with Crippen LogP contribution in [0.25, 0.3) is 0 Å². The smallest absolute Gasteiger partial charge is 0.237 e. The topological polar surface area (TPSA) is 47.0 Å². The van der Waals surface area contributed by atoms with Gasteiger partial charge in [0.25, 0.3) is 0 Å². The molecule has 1 atom stereocenters. The summed E-state index contributed by atoms with van der Waals surface area (Å²) in [5.41, 5.74) is 3.32.